The van der Waals surface area contributed by atoms with Gasteiger partial charge in [0.1, 0.15) is 140 Å². The molecule has 20 N–H and O–H groups in total. The van der Waals surface area contributed by atoms with Crippen molar-refractivity contribution in [2.75, 3.05) is 26.4 Å². The predicted molar refractivity (Wildman–Crippen MR) is 271 cm³/mol. The number of rotatable bonds is 24. The Balaban J connectivity index is 1.41. The molecule has 0 aliphatic carbocycles. The lowest BCUT2D eigenvalue weighted by molar-refractivity contribution is -0.400. The molecular formula is C50H88N2O33. The molecule has 6 fully saturated rings. The molecule has 6 rings (SSSR count). The standard InChI is InChI=1S/C50H88N2O33/c1-13(2)73-44(72)23(51-18(7)57)40(82-46-34(68)30(64)25(59)15(4)74-46)38(14(3)9-53)80-49-37(71)42(29(63)21(11-55)77-49)84-45-24(52-19(8)58)41(83-47-35(69)31(65)26(60)16(5)75-47)39(22(12-56)79-45)81-50-43(33(67)28(62)20(10-54)78-50)85-48-36(70)32(66)27(61)17(6)76-48/h13-17,20-50,53-56,59-72H,9-12H2,1-8H3,(H,51,57)(H,52,58)/t14?,15?,16?,17-,20?,21?,22?,23-,24-,25+,26+,27+,28-,29-,30-,31-,32?,33?,34?,35?,36?,37?,38+,39+,40?,41?,42?,43?,44-,45-,46-,47-,48-,49-,50-/m0/s1. The third kappa shape index (κ3) is 16.4. The van der Waals surface area contributed by atoms with Crippen molar-refractivity contribution in [1.29, 1.82) is 0 Å². The highest BCUT2D eigenvalue weighted by Crippen LogP contribution is 2.39. The number of hydrogen-bond acceptors (Lipinski definition) is 33. The Kier molecular flexibility index (Phi) is 26.3. The van der Waals surface area contributed by atoms with E-state index in [1.165, 1.54) is 41.5 Å². The van der Waals surface area contributed by atoms with Crippen LogP contribution in [0.5, 0.6) is 0 Å². The molecule has 0 radical (unpaired) electrons. The van der Waals surface area contributed by atoms with Crippen LogP contribution in [0.25, 0.3) is 0 Å². The molecule has 35 atom stereocenters. The van der Waals surface area contributed by atoms with Crippen LogP contribution in [0.15, 0.2) is 0 Å². The summed E-state index contributed by atoms with van der Waals surface area (Å²) in [6.07, 6.45) is -61.2. The van der Waals surface area contributed by atoms with Crippen molar-refractivity contribution < 1.29 is 163 Å². The number of nitrogens with one attached hydrogen (secondary N) is 2. The first-order valence-corrected chi connectivity index (χ1v) is 27.9. The van der Waals surface area contributed by atoms with Gasteiger partial charge in [0.05, 0.1) is 50.3 Å². The molecule has 6 aliphatic rings. The topological polar surface area (TPSA) is 542 Å². The van der Waals surface area contributed by atoms with Crippen LogP contribution >= 0.6 is 0 Å². The number of carbonyl (C=O) groups is 2. The summed E-state index contributed by atoms with van der Waals surface area (Å²) >= 11 is 0. The molecule has 6 heterocycles. The van der Waals surface area contributed by atoms with Crippen LogP contribution in [-0.4, -0.2) is 345 Å². The highest BCUT2D eigenvalue weighted by molar-refractivity contribution is 5.73. The van der Waals surface area contributed by atoms with Crippen molar-refractivity contribution in [2.24, 2.45) is 5.92 Å². The van der Waals surface area contributed by atoms with Crippen molar-refractivity contribution in [3.05, 3.63) is 0 Å². The normalized spacial score (nSPS) is 46.4. The van der Waals surface area contributed by atoms with Crippen LogP contribution in [-0.2, 0) is 71.2 Å². The maximum Gasteiger partial charge on any atom is 0.217 e. The molecule has 6 aliphatic heterocycles. The predicted octanol–water partition coefficient (Wildman–Crippen LogP) is -11.2. The first-order chi connectivity index (χ1) is 39.9. The third-order valence-corrected chi connectivity index (χ3v) is 15.6. The van der Waals surface area contributed by atoms with E-state index in [0.29, 0.717) is 0 Å². The second kappa shape index (κ2) is 31.1. The molecule has 0 aromatic rings. The second-order valence-corrected chi connectivity index (χ2v) is 22.5. The Hall–Kier alpha value is -2.30. The Morgan fingerprint density at radius 2 is 0.859 bits per heavy atom. The lowest BCUT2D eigenvalue weighted by Gasteiger charge is -2.52. The van der Waals surface area contributed by atoms with E-state index in [-0.39, 0.29) is 0 Å². The molecule has 85 heavy (non-hydrogen) atoms. The summed E-state index contributed by atoms with van der Waals surface area (Å²) in [6, 6.07) is -3.67. The van der Waals surface area contributed by atoms with Gasteiger partial charge in [-0.15, -0.1) is 0 Å². The van der Waals surface area contributed by atoms with E-state index >= 15 is 0 Å². The Labute approximate surface area is 487 Å². The van der Waals surface area contributed by atoms with E-state index in [0.717, 1.165) is 13.8 Å². The van der Waals surface area contributed by atoms with E-state index in [1.807, 2.05) is 0 Å². The van der Waals surface area contributed by atoms with E-state index in [2.05, 4.69) is 10.6 Å². The quantitative estimate of drug-likeness (QED) is 0.0399. The number of aliphatic hydroxyl groups is 18. The molecule has 0 aromatic carbocycles. The lowest BCUT2D eigenvalue weighted by Crippen LogP contribution is -2.71. The fourth-order valence-corrected chi connectivity index (χ4v) is 10.7. The highest BCUT2D eigenvalue weighted by Gasteiger charge is 2.59. The molecular weight excluding hydrogens is 1160 g/mol. The highest BCUT2D eigenvalue weighted by atomic mass is 16.8. The first kappa shape index (κ1) is 71.8. The van der Waals surface area contributed by atoms with Gasteiger partial charge in [0, 0.05) is 26.4 Å². The number of hydrogen-bond donors (Lipinski definition) is 20. The minimum absolute atomic E-state index is 0.744. The monoisotopic (exact) mass is 1240 g/mol. The molecule has 35 nitrogen and oxygen atoms in total. The van der Waals surface area contributed by atoms with Gasteiger partial charge in [0.2, 0.25) is 11.8 Å². The van der Waals surface area contributed by atoms with Gasteiger partial charge in [-0.25, -0.2) is 0 Å². The van der Waals surface area contributed by atoms with Crippen molar-refractivity contribution >= 4 is 11.8 Å². The maximum absolute atomic E-state index is 13.3. The Bertz CT molecular complexity index is 2060. The minimum Gasteiger partial charge on any atom is -0.396 e. The van der Waals surface area contributed by atoms with Crippen LogP contribution < -0.4 is 10.6 Å². The molecule has 0 saturated carbocycles. The van der Waals surface area contributed by atoms with Crippen molar-refractivity contribution in [2.45, 2.75) is 270 Å². The fourth-order valence-electron chi connectivity index (χ4n) is 10.7. The smallest absolute Gasteiger partial charge is 0.217 e. The van der Waals surface area contributed by atoms with Gasteiger partial charge in [-0.3, -0.25) is 9.59 Å². The zero-order valence-electron chi connectivity index (χ0n) is 47.8. The SMILES string of the molecule is CC(=O)N[C@H]1C(O[C@@H]2OC(C)[C@@H](O)[C@H](O)C2O)[C@H](O[C@@H]2OC(CO)[C@H](O)C(O)C2O[C@@H]2O[C@@H](C)[C@@H](O)C(O)C2O)C(CO)O[C@H]1OC1C(O)[C@H](O[C@H](C(C)CO)C(O[C@@H]2OC(C)[C@@H](O)[C@H](O)C2O)[C@H](NC(C)=O)[C@@H](O)OC(C)C)OC(CO)[C@@H]1O. The first-order valence-electron chi connectivity index (χ1n) is 27.9. The van der Waals surface area contributed by atoms with Gasteiger partial charge < -0.3 is 164 Å². The van der Waals surface area contributed by atoms with E-state index in [1.54, 1.807) is 0 Å². The van der Waals surface area contributed by atoms with Crippen LogP contribution in [0.3, 0.4) is 0 Å². The van der Waals surface area contributed by atoms with Crippen LogP contribution in [0.2, 0.25) is 0 Å². The van der Waals surface area contributed by atoms with Crippen LogP contribution in [0, 0.1) is 5.92 Å². The summed E-state index contributed by atoms with van der Waals surface area (Å²) < 4.78 is 78.1. The Morgan fingerprint density at radius 3 is 1.34 bits per heavy atom. The average molecular weight is 1250 g/mol. The lowest BCUT2D eigenvalue weighted by atomic mass is 9.92. The molecule has 2 amide bonds. The second-order valence-electron chi connectivity index (χ2n) is 22.5. The summed E-state index contributed by atoms with van der Waals surface area (Å²) in [6.45, 7) is 6.34. The van der Waals surface area contributed by atoms with E-state index in [9.17, 15) is 102 Å². The van der Waals surface area contributed by atoms with E-state index < -0.39 is 259 Å². The summed E-state index contributed by atoms with van der Waals surface area (Å²) in [5, 5.41) is 203. The molecule has 0 spiro atoms. The summed E-state index contributed by atoms with van der Waals surface area (Å²) in [7, 11) is 0. The molecule has 0 bridgehead atoms. The van der Waals surface area contributed by atoms with Gasteiger partial charge >= 0.3 is 0 Å². The Morgan fingerprint density at radius 1 is 0.435 bits per heavy atom. The number of ether oxygens (including phenoxy) is 13. The fraction of sp³-hybridized carbons (Fsp3) is 0.960. The van der Waals surface area contributed by atoms with E-state index in [4.69, 9.17) is 61.6 Å². The summed E-state index contributed by atoms with van der Waals surface area (Å²) in [5.41, 5.74) is 0. The minimum atomic E-state index is -2.31. The number of aliphatic hydroxyl groups excluding tert-OH is 18. The van der Waals surface area contributed by atoms with Crippen molar-refractivity contribution in [3.63, 3.8) is 0 Å². The zero-order chi connectivity index (χ0) is 63.4. The summed E-state index contributed by atoms with van der Waals surface area (Å²) in [4.78, 5) is 26.2. The van der Waals surface area contributed by atoms with Gasteiger partial charge in [0.15, 0.2) is 44.0 Å². The van der Waals surface area contributed by atoms with Gasteiger partial charge in [0.25, 0.3) is 0 Å². The number of amides is 2. The molecule has 0 aromatic heterocycles. The summed E-state index contributed by atoms with van der Waals surface area (Å²) in [5.74, 6) is -2.95. The van der Waals surface area contributed by atoms with Crippen LogP contribution in [0.1, 0.15) is 55.4 Å². The molecule has 496 valence electrons. The zero-order valence-corrected chi connectivity index (χ0v) is 47.8. The third-order valence-electron chi connectivity index (χ3n) is 15.6. The number of carbonyl (C=O) groups excluding carboxylic acids is 2. The maximum atomic E-state index is 13.3. The van der Waals surface area contributed by atoms with Gasteiger partial charge in [-0.1, -0.05) is 6.92 Å². The van der Waals surface area contributed by atoms with Gasteiger partial charge in [-0.2, -0.15) is 0 Å². The molecule has 16 unspecified atom stereocenters. The molecule has 6 saturated heterocycles. The van der Waals surface area contributed by atoms with Crippen LogP contribution in [0.4, 0.5) is 0 Å². The van der Waals surface area contributed by atoms with Crippen molar-refractivity contribution in [3.8, 4) is 0 Å². The van der Waals surface area contributed by atoms with Crippen molar-refractivity contribution in [1.82, 2.24) is 10.6 Å². The van der Waals surface area contributed by atoms with Gasteiger partial charge in [-0.05, 0) is 34.6 Å². The largest absolute Gasteiger partial charge is 0.396 e. The molecule has 35 heteroatoms. The average Bonchev–Trinajstić information content (AvgIpc) is 1.43.